The first kappa shape index (κ1) is 17.9. The molecule has 1 N–H and O–H groups in total. The van der Waals surface area contributed by atoms with E-state index in [9.17, 15) is 9.59 Å². The highest BCUT2D eigenvalue weighted by atomic mass is 16.5. The third-order valence-corrected chi connectivity index (χ3v) is 4.31. The van der Waals surface area contributed by atoms with E-state index in [1.54, 1.807) is 43.5 Å². The van der Waals surface area contributed by atoms with Crippen molar-refractivity contribution >= 4 is 23.3 Å². The number of ether oxygens (including phenoxy) is 1. The van der Waals surface area contributed by atoms with Crippen LogP contribution in [0.3, 0.4) is 0 Å². The van der Waals surface area contributed by atoms with E-state index in [-0.39, 0.29) is 11.9 Å². The monoisotopic (exact) mass is 353 g/mol. The highest BCUT2D eigenvalue weighted by Crippen LogP contribution is 2.19. The van der Waals surface area contributed by atoms with E-state index >= 15 is 0 Å². The van der Waals surface area contributed by atoms with Crippen molar-refractivity contribution in [3.8, 4) is 0 Å². The largest absolute Gasteiger partial charge is 0.462 e. The van der Waals surface area contributed by atoms with Gasteiger partial charge in [-0.25, -0.2) is 4.79 Å². The lowest BCUT2D eigenvalue weighted by Gasteiger charge is -2.26. The van der Waals surface area contributed by atoms with Crippen LogP contribution in [0.1, 0.15) is 47.0 Å². The standard InChI is InChI=1S/C20H23N3O3/c1-2-26-20(25)15-6-8-16(9-7-15)22-17-10-11-21-18(14-17)19(24)23-12-4-3-5-13-23/h6-11,14H,2-5,12-13H2,1H3,(H,21,22). The molecule has 0 aliphatic carbocycles. The number of carbonyl (C=O) groups excluding carboxylic acids is 2. The maximum atomic E-state index is 12.6. The molecule has 6 nitrogen and oxygen atoms in total. The van der Waals surface area contributed by atoms with Crippen molar-refractivity contribution in [1.29, 1.82) is 0 Å². The summed E-state index contributed by atoms with van der Waals surface area (Å²) in [6, 6.07) is 10.6. The van der Waals surface area contributed by atoms with E-state index in [4.69, 9.17) is 4.74 Å². The van der Waals surface area contributed by atoms with E-state index in [2.05, 4.69) is 10.3 Å². The lowest BCUT2D eigenvalue weighted by molar-refractivity contribution is 0.0526. The molecule has 1 aliphatic rings. The van der Waals surface area contributed by atoms with E-state index in [1.807, 2.05) is 11.0 Å². The van der Waals surface area contributed by atoms with Gasteiger partial charge < -0.3 is 15.0 Å². The SMILES string of the molecule is CCOC(=O)c1ccc(Nc2ccnc(C(=O)N3CCCCC3)c2)cc1. The number of pyridine rings is 1. The van der Waals surface area contributed by atoms with Crippen LogP contribution in [-0.4, -0.2) is 41.5 Å². The van der Waals surface area contributed by atoms with E-state index in [0.717, 1.165) is 37.3 Å². The Morgan fingerprint density at radius 3 is 2.50 bits per heavy atom. The molecule has 1 aromatic carbocycles. The van der Waals surface area contributed by atoms with Crippen molar-refractivity contribution in [2.24, 2.45) is 0 Å². The lowest BCUT2D eigenvalue weighted by atomic mass is 10.1. The number of esters is 1. The number of hydrogen-bond acceptors (Lipinski definition) is 5. The topological polar surface area (TPSA) is 71.5 Å². The summed E-state index contributed by atoms with van der Waals surface area (Å²) in [4.78, 5) is 30.3. The highest BCUT2D eigenvalue weighted by molar-refractivity contribution is 5.93. The number of nitrogens with zero attached hydrogens (tertiary/aromatic N) is 2. The van der Waals surface area contributed by atoms with Crippen LogP contribution in [0.2, 0.25) is 0 Å². The predicted octanol–water partition coefficient (Wildman–Crippen LogP) is 3.63. The van der Waals surface area contributed by atoms with Crippen LogP contribution < -0.4 is 5.32 Å². The number of likely N-dealkylation sites (tertiary alicyclic amines) is 1. The highest BCUT2D eigenvalue weighted by Gasteiger charge is 2.19. The van der Waals surface area contributed by atoms with Gasteiger partial charge in [-0.1, -0.05) is 0 Å². The van der Waals surface area contributed by atoms with Crippen molar-refractivity contribution in [3.05, 3.63) is 53.9 Å². The van der Waals surface area contributed by atoms with Crippen molar-refractivity contribution < 1.29 is 14.3 Å². The molecule has 26 heavy (non-hydrogen) atoms. The molecule has 1 saturated heterocycles. The molecule has 2 aromatic rings. The number of hydrogen-bond donors (Lipinski definition) is 1. The Bertz CT molecular complexity index is 768. The van der Waals surface area contributed by atoms with Gasteiger partial charge in [-0.3, -0.25) is 9.78 Å². The normalized spacial score (nSPS) is 14.0. The van der Waals surface area contributed by atoms with Crippen LogP contribution in [0.5, 0.6) is 0 Å². The predicted molar refractivity (Wildman–Crippen MR) is 99.7 cm³/mol. The number of piperidine rings is 1. The molecule has 3 rings (SSSR count). The molecule has 2 heterocycles. The molecule has 0 spiro atoms. The van der Waals surface area contributed by atoms with Crippen LogP contribution >= 0.6 is 0 Å². The van der Waals surface area contributed by atoms with Gasteiger partial charge >= 0.3 is 5.97 Å². The molecule has 136 valence electrons. The summed E-state index contributed by atoms with van der Waals surface area (Å²) in [5, 5.41) is 3.24. The Morgan fingerprint density at radius 2 is 1.81 bits per heavy atom. The summed E-state index contributed by atoms with van der Waals surface area (Å²) in [5.41, 5.74) is 2.55. The molecular weight excluding hydrogens is 330 g/mol. The van der Waals surface area contributed by atoms with Crippen molar-refractivity contribution in [3.63, 3.8) is 0 Å². The number of amides is 1. The van der Waals surface area contributed by atoms with Gasteiger partial charge in [0.15, 0.2) is 0 Å². The summed E-state index contributed by atoms with van der Waals surface area (Å²) in [7, 11) is 0. The van der Waals surface area contributed by atoms with Gasteiger partial charge in [-0.2, -0.15) is 0 Å². The number of anilines is 2. The Labute approximate surface area is 153 Å². The molecule has 1 amide bonds. The molecule has 1 aliphatic heterocycles. The van der Waals surface area contributed by atoms with E-state index in [0.29, 0.717) is 17.9 Å². The van der Waals surface area contributed by atoms with E-state index < -0.39 is 0 Å². The zero-order chi connectivity index (χ0) is 18.4. The zero-order valence-electron chi connectivity index (χ0n) is 14.9. The minimum Gasteiger partial charge on any atom is -0.462 e. The van der Waals surface area contributed by atoms with Crippen LogP contribution in [0.15, 0.2) is 42.6 Å². The molecule has 0 saturated carbocycles. The van der Waals surface area contributed by atoms with Crippen molar-refractivity contribution in [2.45, 2.75) is 26.2 Å². The average Bonchev–Trinajstić information content (AvgIpc) is 2.69. The third kappa shape index (κ3) is 4.39. The van der Waals surface area contributed by atoms with Crippen LogP contribution in [0, 0.1) is 0 Å². The molecule has 0 unspecified atom stereocenters. The smallest absolute Gasteiger partial charge is 0.338 e. The van der Waals surface area contributed by atoms with Crippen molar-refractivity contribution in [1.82, 2.24) is 9.88 Å². The zero-order valence-corrected chi connectivity index (χ0v) is 14.9. The van der Waals surface area contributed by atoms with Crippen LogP contribution in [-0.2, 0) is 4.74 Å². The average molecular weight is 353 g/mol. The lowest BCUT2D eigenvalue weighted by Crippen LogP contribution is -2.36. The Balaban J connectivity index is 1.68. The first-order valence-corrected chi connectivity index (χ1v) is 8.97. The second-order valence-corrected chi connectivity index (χ2v) is 6.21. The maximum absolute atomic E-state index is 12.6. The van der Waals surface area contributed by atoms with Gasteiger partial charge in [0, 0.05) is 30.7 Å². The summed E-state index contributed by atoms with van der Waals surface area (Å²) in [6.07, 6.45) is 4.92. The summed E-state index contributed by atoms with van der Waals surface area (Å²) < 4.78 is 4.98. The molecule has 0 radical (unpaired) electrons. The quantitative estimate of drug-likeness (QED) is 0.831. The first-order chi connectivity index (χ1) is 12.7. The molecular formula is C20H23N3O3. The molecule has 1 aromatic heterocycles. The van der Waals surface area contributed by atoms with Crippen LogP contribution in [0.4, 0.5) is 11.4 Å². The van der Waals surface area contributed by atoms with Gasteiger partial charge in [0.1, 0.15) is 5.69 Å². The fraction of sp³-hybridized carbons (Fsp3) is 0.350. The van der Waals surface area contributed by atoms with Gasteiger partial charge in [0.25, 0.3) is 5.91 Å². The fourth-order valence-electron chi connectivity index (χ4n) is 2.95. The fourth-order valence-corrected chi connectivity index (χ4v) is 2.95. The number of aromatic nitrogens is 1. The minimum atomic E-state index is -0.336. The van der Waals surface area contributed by atoms with Gasteiger partial charge in [-0.05, 0) is 62.6 Å². The second-order valence-electron chi connectivity index (χ2n) is 6.21. The van der Waals surface area contributed by atoms with Gasteiger partial charge in [0.05, 0.1) is 12.2 Å². The summed E-state index contributed by atoms with van der Waals surface area (Å²) in [6.45, 7) is 3.73. The third-order valence-electron chi connectivity index (χ3n) is 4.31. The van der Waals surface area contributed by atoms with E-state index in [1.165, 1.54) is 6.42 Å². The summed E-state index contributed by atoms with van der Waals surface area (Å²) in [5.74, 6) is -0.358. The first-order valence-electron chi connectivity index (χ1n) is 8.97. The molecule has 0 atom stereocenters. The van der Waals surface area contributed by atoms with Crippen molar-refractivity contribution in [2.75, 3.05) is 25.0 Å². The maximum Gasteiger partial charge on any atom is 0.338 e. The molecule has 6 heteroatoms. The minimum absolute atomic E-state index is 0.0222. The summed E-state index contributed by atoms with van der Waals surface area (Å²) >= 11 is 0. The van der Waals surface area contributed by atoms with Crippen LogP contribution in [0.25, 0.3) is 0 Å². The number of carbonyl (C=O) groups is 2. The second kappa shape index (κ2) is 8.47. The Kier molecular flexibility index (Phi) is 5.84. The number of benzene rings is 1. The Morgan fingerprint density at radius 1 is 1.08 bits per heavy atom. The molecule has 0 bridgehead atoms. The number of rotatable bonds is 5. The molecule has 1 fully saturated rings. The number of nitrogens with one attached hydrogen (secondary N) is 1. The Hall–Kier alpha value is -2.89. The van der Waals surface area contributed by atoms with Gasteiger partial charge in [0.2, 0.25) is 0 Å². The van der Waals surface area contributed by atoms with Gasteiger partial charge in [-0.15, -0.1) is 0 Å².